The van der Waals surface area contributed by atoms with Crippen LogP contribution in [-0.2, 0) is 6.54 Å². The lowest BCUT2D eigenvalue weighted by molar-refractivity contribution is 0.357. The van der Waals surface area contributed by atoms with Gasteiger partial charge < -0.3 is 10.6 Å². The molecule has 0 aliphatic carbocycles. The van der Waals surface area contributed by atoms with E-state index in [1.54, 1.807) is 0 Å². The number of hydrogen-bond acceptors (Lipinski definition) is 3. The molecule has 2 heterocycles. The van der Waals surface area contributed by atoms with Crippen LogP contribution in [0.2, 0.25) is 0 Å². The van der Waals surface area contributed by atoms with Crippen LogP contribution >= 0.6 is 36.2 Å². The molecule has 1 fully saturated rings. The Bertz CT molecular complexity index is 298. The Kier molecular flexibility index (Phi) is 9.28. The molecule has 1 aliphatic heterocycles. The summed E-state index contributed by atoms with van der Waals surface area (Å²) in [4.78, 5) is 2.87. The molecular formula is C12H22Cl2N2S. The van der Waals surface area contributed by atoms with Crippen molar-refractivity contribution >= 4 is 36.2 Å². The number of thiophene rings is 1. The minimum Gasteiger partial charge on any atom is -0.317 e. The number of piperidine rings is 1. The summed E-state index contributed by atoms with van der Waals surface area (Å²) in [7, 11) is 0. The number of nitrogens with one attached hydrogen (secondary N) is 2. The van der Waals surface area contributed by atoms with Gasteiger partial charge in [-0.05, 0) is 57.5 Å². The second-order valence-electron chi connectivity index (χ2n) is 4.34. The average Bonchev–Trinajstić information content (AvgIpc) is 2.66. The first-order valence-electron chi connectivity index (χ1n) is 5.81. The third-order valence-electron chi connectivity index (χ3n) is 2.99. The third-order valence-corrected chi connectivity index (χ3v) is 3.99. The topological polar surface area (TPSA) is 24.1 Å². The molecule has 0 unspecified atom stereocenters. The fourth-order valence-corrected chi connectivity index (χ4v) is 2.93. The molecule has 1 aromatic heterocycles. The normalized spacial score (nSPS) is 16.1. The summed E-state index contributed by atoms with van der Waals surface area (Å²) in [5.41, 5.74) is 0. The molecule has 0 radical (unpaired) electrons. The monoisotopic (exact) mass is 296 g/mol. The van der Waals surface area contributed by atoms with Crippen molar-refractivity contribution in [2.45, 2.75) is 26.3 Å². The van der Waals surface area contributed by atoms with Gasteiger partial charge in [0.25, 0.3) is 0 Å². The van der Waals surface area contributed by atoms with Crippen LogP contribution in [0.4, 0.5) is 0 Å². The molecule has 2 N–H and O–H groups in total. The summed E-state index contributed by atoms with van der Waals surface area (Å²) < 4.78 is 0. The van der Waals surface area contributed by atoms with Gasteiger partial charge in [0, 0.05) is 16.3 Å². The average molecular weight is 297 g/mol. The van der Waals surface area contributed by atoms with Crippen LogP contribution in [0.1, 0.15) is 22.6 Å². The summed E-state index contributed by atoms with van der Waals surface area (Å²) in [5, 5.41) is 6.97. The van der Waals surface area contributed by atoms with Crippen molar-refractivity contribution < 1.29 is 0 Å². The maximum Gasteiger partial charge on any atom is 0.0299 e. The lowest BCUT2D eigenvalue weighted by Gasteiger charge is -2.22. The molecule has 1 saturated heterocycles. The van der Waals surface area contributed by atoms with E-state index in [9.17, 15) is 0 Å². The zero-order chi connectivity index (χ0) is 10.5. The van der Waals surface area contributed by atoms with Gasteiger partial charge in [-0.2, -0.15) is 0 Å². The molecule has 2 nitrogen and oxygen atoms in total. The van der Waals surface area contributed by atoms with E-state index in [-0.39, 0.29) is 24.8 Å². The van der Waals surface area contributed by atoms with E-state index in [0.717, 1.165) is 12.5 Å². The molecule has 2 rings (SSSR count). The highest BCUT2D eigenvalue weighted by molar-refractivity contribution is 7.11. The van der Waals surface area contributed by atoms with Gasteiger partial charge >= 0.3 is 0 Å². The standard InChI is InChI=1S/C12H20N2S.2ClH/c1-10-2-3-12(15-10)9-14-8-11-4-6-13-7-5-11;;/h2-3,11,13-14H,4-9H2,1H3;2*1H. The van der Waals surface area contributed by atoms with Crippen LogP contribution in [0, 0.1) is 12.8 Å². The van der Waals surface area contributed by atoms with Crippen molar-refractivity contribution in [1.29, 1.82) is 0 Å². The maximum absolute atomic E-state index is 3.57. The molecule has 0 atom stereocenters. The van der Waals surface area contributed by atoms with Gasteiger partial charge in [0.15, 0.2) is 0 Å². The first kappa shape index (κ1) is 17.2. The van der Waals surface area contributed by atoms with Gasteiger partial charge in [-0.3, -0.25) is 0 Å². The van der Waals surface area contributed by atoms with E-state index >= 15 is 0 Å². The van der Waals surface area contributed by atoms with Gasteiger partial charge in [-0.25, -0.2) is 0 Å². The molecule has 5 heteroatoms. The van der Waals surface area contributed by atoms with Crippen molar-refractivity contribution in [3.05, 3.63) is 21.9 Å². The molecule has 17 heavy (non-hydrogen) atoms. The van der Waals surface area contributed by atoms with Gasteiger partial charge in [0.1, 0.15) is 0 Å². The van der Waals surface area contributed by atoms with Crippen LogP contribution in [0.25, 0.3) is 0 Å². The van der Waals surface area contributed by atoms with Crippen LogP contribution in [0.15, 0.2) is 12.1 Å². The number of halogens is 2. The lowest BCUT2D eigenvalue weighted by atomic mass is 9.98. The molecule has 1 aliphatic rings. The van der Waals surface area contributed by atoms with Crippen molar-refractivity contribution in [3.8, 4) is 0 Å². The lowest BCUT2D eigenvalue weighted by Crippen LogP contribution is -2.33. The highest BCUT2D eigenvalue weighted by Gasteiger charge is 2.11. The largest absolute Gasteiger partial charge is 0.317 e. The highest BCUT2D eigenvalue weighted by Crippen LogP contribution is 2.15. The third kappa shape index (κ3) is 6.07. The number of hydrogen-bond donors (Lipinski definition) is 2. The number of rotatable bonds is 4. The van der Waals surface area contributed by atoms with E-state index in [0.29, 0.717) is 0 Å². The van der Waals surface area contributed by atoms with Gasteiger partial charge in [0.05, 0.1) is 0 Å². The predicted octanol–water partition coefficient (Wildman–Crippen LogP) is 2.99. The predicted molar refractivity (Wildman–Crippen MR) is 80.9 cm³/mol. The minimum absolute atomic E-state index is 0. The quantitative estimate of drug-likeness (QED) is 0.893. The molecule has 0 spiro atoms. The SMILES string of the molecule is Cc1ccc(CNCC2CCNCC2)s1.Cl.Cl. The Morgan fingerprint density at radius 2 is 2.00 bits per heavy atom. The summed E-state index contributed by atoms with van der Waals surface area (Å²) in [6, 6.07) is 4.43. The van der Waals surface area contributed by atoms with Crippen molar-refractivity contribution in [3.63, 3.8) is 0 Å². The molecule has 0 bridgehead atoms. The van der Waals surface area contributed by atoms with Gasteiger partial charge in [-0.1, -0.05) is 0 Å². The zero-order valence-corrected chi connectivity index (χ0v) is 12.6. The van der Waals surface area contributed by atoms with Crippen LogP contribution in [-0.4, -0.2) is 19.6 Å². The van der Waals surface area contributed by atoms with Crippen molar-refractivity contribution in [2.75, 3.05) is 19.6 Å². The number of aryl methyl sites for hydroxylation is 1. The van der Waals surface area contributed by atoms with E-state index in [4.69, 9.17) is 0 Å². The molecule has 1 aromatic rings. The van der Waals surface area contributed by atoms with Crippen molar-refractivity contribution in [2.24, 2.45) is 5.92 Å². The Labute approximate surface area is 120 Å². The van der Waals surface area contributed by atoms with Gasteiger partial charge in [0.2, 0.25) is 0 Å². The van der Waals surface area contributed by atoms with E-state index in [2.05, 4.69) is 29.7 Å². The molecule has 0 amide bonds. The van der Waals surface area contributed by atoms with Crippen molar-refractivity contribution in [1.82, 2.24) is 10.6 Å². The fraction of sp³-hybridized carbons (Fsp3) is 0.667. The molecule has 100 valence electrons. The molecule has 0 aromatic carbocycles. The second-order valence-corrected chi connectivity index (χ2v) is 5.71. The Morgan fingerprint density at radius 1 is 1.29 bits per heavy atom. The maximum atomic E-state index is 3.57. The minimum atomic E-state index is 0. The first-order valence-corrected chi connectivity index (χ1v) is 6.63. The van der Waals surface area contributed by atoms with Crippen LogP contribution in [0.5, 0.6) is 0 Å². The Balaban J connectivity index is 0.00000128. The smallest absolute Gasteiger partial charge is 0.0299 e. The van der Waals surface area contributed by atoms with Crippen LogP contribution in [0.3, 0.4) is 0 Å². The Hall–Kier alpha value is 0.200. The highest BCUT2D eigenvalue weighted by atomic mass is 35.5. The van der Waals surface area contributed by atoms with E-state index < -0.39 is 0 Å². The summed E-state index contributed by atoms with van der Waals surface area (Å²) >= 11 is 1.90. The zero-order valence-electron chi connectivity index (χ0n) is 10.2. The van der Waals surface area contributed by atoms with Gasteiger partial charge in [-0.15, -0.1) is 36.2 Å². The van der Waals surface area contributed by atoms with E-state index in [1.165, 1.54) is 42.2 Å². The second kappa shape index (κ2) is 9.17. The fourth-order valence-electron chi connectivity index (χ4n) is 2.07. The summed E-state index contributed by atoms with van der Waals surface area (Å²) in [5.74, 6) is 0.882. The molecular weight excluding hydrogens is 275 g/mol. The summed E-state index contributed by atoms with van der Waals surface area (Å²) in [6.07, 6.45) is 2.66. The van der Waals surface area contributed by atoms with E-state index in [1.807, 2.05) is 11.3 Å². The first-order chi connectivity index (χ1) is 7.34. The van der Waals surface area contributed by atoms with Crippen LogP contribution < -0.4 is 10.6 Å². The molecule has 0 saturated carbocycles. The summed E-state index contributed by atoms with van der Waals surface area (Å²) in [6.45, 7) is 6.79. The Morgan fingerprint density at radius 3 is 2.59 bits per heavy atom.